The van der Waals surface area contributed by atoms with Crippen molar-refractivity contribution in [3.63, 3.8) is 0 Å². The van der Waals surface area contributed by atoms with Crippen LogP contribution < -0.4 is 10.5 Å². The van der Waals surface area contributed by atoms with Crippen LogP contribution in [0.3, 0.4) is 0 Å². The normalized spacial score (nSPS) is 12.2. The number of benzene rings is 2. The molecule has 0 heterocycles. The highest BCUT2D eigenvalue weighted by Gasteiger charge is 2.02. The molecule has 0 spiro atoms. The average molecular weight is 255 g/mol. The third-order valence-electron chi connectivity index (χ3n) is 3.17. The van der Waals surface area contributed by atoms with E-state index in [-0.39, 0.29) is 6.04 Å². The van der Waals surface area contributed by atoms with E-state index in [4.69, 9.17) is 10.5 Å². The minimum Gasteiger partial charge on any atom is -0.457 e. The summed E-state index contributed by atoms with van der Waals surface area (Å²) in [5.74, 6) is 1.73. The molecule has 19 heavy (non-hydrogen) atoms. The Kier molecular flexibility index (Phi) is 4.58. The van der Waals surface area contributed by atoms with E-state index in [0.29, 0.717) is 0 Å². The number of aryl methyl sites for hydroxylation is 1. The summed E-state index contributed by atoms with van der Waals surface area (Å²) < 4.78 is 5.81. The highest BCUT2D eigenvalue weighted by Crippen LogP contribution is 2.22. The molecule has 2 aromatic rings. The van der Waals surface area contributed by atoms with Crippen LogP contribution in [0.5, 0.6) is 11.5 Å². The number of ether oxygens (including phenoxy) is 1. The van der Waals surface area contributed by atoms with E-state index in [1.54, 1.807) is 0 Å². The van der Waals surface area contributed by atoms with Crippen LogP contribution >= 0.6 is 0 Å². The monoisotopic (exact) mass is 255 g/mol. The van der Waals surface area contributed by atoms with Crippen LogP contribution in [0.1, 0.15) is 24.5 Å². The minimum absolute atomic E-state index is 0.239. The van der Waals surface area contributed by atoms with Crippen molar-refractivity contribution in [2.45, 2.75) is 32.7 Å². The molecule has 2 aromatic carbocycles. The Hall–Kier alpha value is -1.80. The van der Waals surface area contributed by atoms with Gasteiger partial charge in [0, 0.05) is 6.04 Å². The smallest absolute Gasteiger partial charge is 0.127 e. The quantitative estimate of drug-likeness (QED) is 0.874. The lowest BCUT2D eigenvalue weighted by Gasteiger charge is -2.10. The molecule has 1 atom stereocenters. The Labute approximate surface area is 115 Å². The molecule has 0 bridgehead atoms. The molecular weight excluding hydrogens is 234 g/mol. The highest BCUT2D eigenvalue weighted by atomic mass is 16.5. The van der Waals surface area contributed by atoms with E-state index in [1.807, 2.05) is 30.3 Å². The highest BCUT2D eigenvalue weighted by molar-refractivity contribution is 5.35. The Bertz CT molecular complexity index is 519. The molecule has 2 heteroatoms. The Morgan fingerprint density at radius 2 is 1.79 bits per heavy atom. The van der Waals surface area contributed by atoms with Gasteiger partial charge in [-0.25, -0.2) is 0 Å². The first-order valence-corrected chi connectivity index (χ1v) is 6.76. The van der Waals surface area contributed by atoms with Crippen molar-refractivity contribution in [1.82, 2.24) is 0 Å². The van der Waals surface area contributed by atoms with Gasteiger partial charge in [-0.3, -0.25) is 0 Å². The van der Waals surface area contributed by atoms with E-state index in [1.165, 1.54) is 11.1 Å². The molecule has 0 aromatic heterocycles. The van der Waals surface area contributed by atoms with Crippen LogP contribution in [0.2, 0.25) is 0 Å². The second kappa shape index (κ2) is 6.39. The first-order chi connectivity index (χ1) is 9.17. The van der Waals surface area contributed by atoms with E-state index in [0.717, 1.165) is 24.3 Å². The molecular formula is C17H21NO. The molecule has 0 fully saturated rings. The van der Waals surface area contributed by atoms with Gasteiger partial charge in [0.15, 0.2) is 0 Å². The van der Waals surface area contributed by atoms with Crippen molar-refractivity contribution in [3.8, 4) is 11.5 Å². The number of rotatable bonds is 5. The molecule has 0 amide bonds. The summed E-state index contributed by atoms with van der Waals surface area (Å²) in [4.78, 5) is 0. The van der Waals surface area contributed by atoms with Crippen molar-refractivity contribution in [2.75, 3.05) is 0 Å². The maximum Gasteiger partial charge on any atom is 0.127 e. The molecule has 0 aliphatic rings. The summed E-state index contributed by atoms with van der Waals surface area (Å²) in [5.41, 5.74) is 8.40. The molecule has 2 nitrogen and oxygen atoms in total. The van der Waals surface area contributed by atoms with Crippen LogP contribution in [0.4, 0.5) is 0 Å². The molecule has 0 saturated heterocycles. The van der Waals surface area contributed by atoms with Gasteiger partial charge in [0.25, 0.3) is 0 Å². The lowest BCUT2D eigenvalue weighted by molar-refractivity contribution is 0.482. The topological polar surface area (TPSA) is 35.2 Å². The van der Waals surface area contributed by atoms with Gasteiger partial charge in [0.05, 0.1) is 0 Å². The van der Waals surface area contributed by atoms with Crippen molar-refractivity contribution in [3.05, 3.63) is 59.7 Å². The molecule has 2 N–H and O–H groups in total. The van der Waals surface area contributed by atoms with Crippen LogP contribution in [0.15, 0.2) is 48.5 Å². The number of hydrogen-bond donors (Lipinski definition) is 1. The standard InChI is InChI=1S/C17H21NO/c1-3-15(18)12-14-7-9-16(10-8-14)19-17-6-4-5-13(2)11-17/h4-11,15H,3,12,18H2,1-2H3. The molecule has 2 rings (SSSR count). The summed E-state index contributed by atoms with van der Waals surface area (Å²) in [5, 5.41) is 0. The van der Waals surface area contributed by atoms with Crippen molar-refractivity contribution in [1.29, 1.82) is 0 Å². The Morgan fingerprint density at radius 1 is 1.05 bits per heavy atom. The van der Waals surface area contributed by atoms with Crippen molar-refractivity contribution in [2.24, 2.45) is 5.73 Å². The third-order valence-corrected chi connectivity index (χ3v) is 3.17. The first kappa shape index (κ1) is 13.6. The number of hydrogen-bond acceptors (Lipinski definition) is 2. The number of nitrogens with two attached hydrogens (primary N) is 1. The van der Waals surface area contributed by atoms with Crippen molar-refractivity contribution >= 4 is 0 Å². The van der Waals surface area contributed by atoms with Gasteiger partial charge in [-0.2, -0.15) is 0 Å². The zero-order valence-corrected chi connectivity index (χ0v) is 11.6. The average Bonchev–Trinajstić information content (AvgIpc) is 2.41. The lowest BCUT2D eigenvalue weighted by Crippen LogP contribution is -2.21. The molecule has 0 saturated carbocycles. The maximum atomic E-state index is 5.95. The second-order valence-electron chi connectivity index (χ2n) is 4.93. The molecule has 0 aliphatic heterocycles. The molecule has 1 unspecified atom stereocenters. The van der Waals surface area contributed by atoms with Gasteiger partial charge < -0.3 is 10.5 Å². The largest absolute Gasteiger partial charge is 0.457 e. The summed E-state index contributed by atoms with van der Waals surface area (Å²) in [6, 6.07) is 16.5. The fraction of sp³-hybridized carbons (Fsp3) is 0.294. The van der Waals surface area contributed by atoms with Gasteiger partial charge in [0.1, 0.15) is 11.5 Å². The summed E-state index contributed by atoms with van der Waals surface area (Å²) in [6.45, 7) is 4.17. The zero-order valence-electron chi connectivity index (χ0n) is 11.6. The fourth-order valence-corrected chi connectivity index (χ4v) is 1.96. The zero-order chi connectivity index (χ0) is 13.7. The van der Waals surface area contributed by atoms with E-state index in [9.17, 15) is 0 Å². The van der Waals surface area contributed by atoms with Gasteiger partial charge in [-0.15, -0.1) is 0 Å². The van der Waals surface area contributed by atoms with Crippen LogP contribution in [0.25, 0.3) is 0 Å². The second-order valence-corrected chi connectivity index (χ2v) is 4.93. The Balaban J connectivity index is 2.02. The summed E-state index contributed by atoms with van der Waals surface area (Å²) in [6.07, 6.45) is 1.92. The van der Waals surface area contributed by atoms with Gasteiger partial charge in [0.2, 0.25) is 0 Å². The van der Waals surface area contributed by atoms with Gasteiger partial charge >= 0.3 is 0 Å². The predicted octanol–water partition coefficient (Wildman–Crippen LogP) is 4.07. The third kappa shape index (κ3) is 4.11. The SMILES string of the molecule is CCC(N)Cc1ccc(Oc2cccc(C)c2)cc1. The van der Waals surface area contributed by atoms with Crippen LogP contribution in [0, 0.1) is 6.92 Å². The van der Waals surface area contributed by atoms with Crippen LogP contribution in [-0.4, -0.2) is 6.04 Å². The van der Waals surface area contributed by atoms with E-state index in [2.05, 4.69) is 32.0 Å². The maximum absolute atomic E-state index is 5.95. The van der Waals surface area contributed by atoms with Crippen LogP contribution in [-0.2, 0) is 6.42 Å². The summed E-state index contributed by atoms with van der Waals surface area (Å²) >= 11 is 0. The van der Waals surface area contributed by atoms with E-state index < -0.39 is 0 Å². The van der Waals surface area contributed by atoms with E-state index >= 15 is 0 Å². The minimum atomic E-state index is 0.239. The van der Waals surface area contributed by atoms with Crippen molar-refractivity contribution < 1.29 is 4.74 Å². The molecule has 0 radical (unpaired) electrons. The summed E-state index contributed by atoms with van der Waals surface area (Å²) in [7, 11) is 0. The fourth-order valence-electron chi connectivity index (χ4n) is 1.96. The first-order valence-electron chi connectivity index (χ1n) is 6.76. The lowest BCUT2D eigenvalue weighted by atomic mass is 10.0. The Morgan fingerprint density at radius 3 is 2.42 bits per heavy atom. The van der Waals surface area contributed by atoms with Gasteiger partial charge in [-0.05, 0) is 55.2 Å². The predicted molar refractivity (Wildman–Crippen MR) is 79.7 cm³/mol. The molecule has 100 valence electrons. The van der Waals surface area contributed by atoms with Gasteiger partial charge in [-0.1, -0.05) is 31.2 Å². The molecule has 0 aliphatic carbocycles.